The fraction of sp³-hybridized carbons (Fsp3) is 0.296. The van der Waals surface area contributed by atoms with Crippen molar-refractivity contribution < 1.29 is 26.8 Å². The third-order valence-electron chi connectivity index (χ3n) is 6.56. The molecule has 0 saturated carbocycles. The molecule has 3 heterocycles. The Morgan fingerprint density at radius 2 is 1.88 bits per heavy atom. The van der Waals surface area contributed by atoms with Gasteiger partial charge in [0.25, 0.3) is 10.0 Å². The van der Waals surface area contributed by atoms with Crippen molar-refractivity contribution in [1.29, 1.82) is 0 Å². The second-order valence-corrected chi connectivity index (χ2v) is 11.0. The van der Waals surface area contributed by atoms with Crippen molar-refractivity contribution in [1.82, 2.24) is 30.3 Å². The third-order valence-corrected chi connectivity index (χ3v) is 8.32. The summed E-state index contributed by atoms with van der Waals surface area (Å²) in [6, 6.07) is 12.3. The molecule has 5 rings (SSSR count). The SMILES string of the molecule is COCCOCN(c1onc(C)c1C)S(=O)(=O)c1ccccc1-c1ccc(-c2ncco2)cc1Cn1nnnc1C. The molecule has 0 atom stereocenters. The Labute approximate surface area is 236 Å². The Morgan fingerprint density at radius 3 is 2.56 bits per heavy atom. The van der Waals surface area contributed by atoms with Crippen LogP contribution in [0, 0.1) is 20.8 Å². The summed E-state index contributed by atoms with van der Waals surface area (Å²) in [6.07, 6.45) is 3.06. The van der Waals surface area contributed by atoms with Crippen molar-refractivity contribution in [3.63, 3.8) is 0 Å². The molecule has 0 aliphatic carbocycles. The number of methoxy groups -OCH3 is 1. The van der Waals surface area contributed by atoms with Crippen LogP contribution in [0.15, 0.2) is 68.8 Å². The first-order chi connectivity index (χ1) is 19.8. The van der Waals surface area contributed by atoms with Crippen LogP contribution in [0.1, 0.15) is 22.6 Å². The molecular weight excluding hydrogens is 550 g/mol. The smallest absolute Gasteiger partial charge is 0.269 e. The lowest BCUT2D eigenvalue weighted by Crippen LogP contribution is -2.34. The molecule has 0 aliphatic rings. The van der Waals surface area contributed by atoms with Gasteiger partial charge in [-0.1, -0.05) is 29.4 Å². The summed E-state index contributed by atoms with van der Waals surface area (Å²) < 4.78 is 53.1. The molecule has 0 aliphatic heterocycles. The molecule has 0 fully saturated rings. The third kappa shape index (κ3) is 5.75. The van der Waals surface area contributed by atoms with Gasteiger partial charge in [-0.05, 0) is 60.5 Å². The van der Waals surface area contributed by atoms with E-state index < -0.39 is 10.0 Å². The summed E-state index contributed by atoms with van der Waals surface area (Å²) in [5.41, 5.74) is 3.79. The summed E-state index contributed by atoms with van der Waals surface area (Å²) in [6.45, 7) is 5.76. The summed E-state index contributed by atoms with van der Waals surface area (Å²) >= 11 is 0. The van der Waals surface area contributed by atoms with E-state index in [2.05, 4.69) is 25.7 Å². The molecule has 0 N–H and O–H groups in total. The normalized spacial score (nSPS) is 11.7. The summed E-state index contributed by atoms with van der Waals surface area (Å²) in [4.78, 5) is 4.31. The zero-order chi connectivity index (χ0) is 29.0. The lowest BCUT2D eigenvalue weighted by molar-refractivity contribution is 0.0744. The van der Waals surface area contributed by atoms with Gasteiger partial charge >= 0.3 is 0 Å². The topological polar surface area (TPSA) is 152 Å². The van der Waals surface area contributed by atoms with Crippen molar-refractivity contribution in [2.45, 2.75) is 32.2 Å². The van der Waals surface area contributed by atoms with E-state index in [9.17, 15) is 8.42 Å². The first-order valence-electron chi connectivity index (χ1n) is 12.7. The zero-order valence-corrected chi connectivity index (χ0v) is 23.8. The number of hydrogen-bond donors (Lipinski definition) is 0. The Bertz CT molecular complexity index is 1730. The fourth-order valence-corrected chi connectivity index (χ4v) is 5.78. The van der Waals surface area contributed by atoms with Gasteiger partial charge in [-0.15, -0.1) is 5.10 Å². The van der Waals surface area contributed by atoms with Crippen molar-refractivity contribution in [3.05, 3.63) is 77.6 Å². The number of tetrazole rings is 1. The van der Waals surface area contributed by atoms with Gasteiger partial charge in [0.15, 0.2) is 0 Å². The molecule has 5 aromatic rings. The Morgan fingerprint density at radius 1 is 1.05 bits per heavy atom. The zero-order valence-electron chi connectivity index (χ0n) is 23.0. The second kappa shape index (κ2) is 12.0. The minimum Gasteiger partial charge on any atom is -0.445 e. The lowest BCUT2D eigenvalue weighted by Gasteiger charge is -2.24. The molecule has 14 heteroatoms. The molecule has 3 aromatic heterocycles. The number of sulfonamides is 1. The van der Waals surface area contributed by atoms with Crippen LogP contribution in [0.25, 0.3) is 22.6 Å². The van der Waals surface area contributed by atoms with Gasteiger partial charge < -0.3 is 18.4 Å². The van der Waals surface area contributed by atoms with Crippen LogP contribution in [0.2, 0.25) is 0 Å². The van der Waals surface area contributed by atoms with Gasteiger partial charge in [0.1, 0.15) is 18.8 Å². The van der Waals surface area contributed by atoms with Gasteiger partial charge in [-0.2, -0.15) is 0 Å². The fourth-order valence-electron chi connectivity index (χ4n) is 4.24. The van der Waals surface area contributed by atoms with E-state index in [0.29, 0.717) is 40.7 Å². The van der Waals surface area contributed by atoms with Gasteiger partial charge in [0.2, 0.25) is 11.8 Å². The predicted octanol–water partition coefficient (Wildman–Crippen LogP) is 3.77. The number of anilines is 1. The van der Waals surface area contributed by atoms with E-state index in [4.69, 9.17) is 18.4 Å². The highest BCUT2D eigenvalue weighted by atomic mass is 32.2. The number of aromatic nitrogens is 6. The molecule has 214 valence electrons. The first-order valence-corrected chi connectivity index (χ1v) is 14.1. The molecule has 0 spiro atoms. The molecule has 0 amide bonds. The highest BCUT2D eigenvalue weighted by molar-refractivity contribution is 7.93. The largest absolute Gasteiger partial charge is 0.445 e. The van der Waals surface area contributed by atoms with E-state index in [1.807, 2.05) is 18.2 Å². The van der Waals surface area contributed by atoms with Crippen LogP contribution < -0.4 is 4.31 Å². The van der Waals surface area contributed by atoms with E-state index in [0.717, 1.165) is 15.4 Å². The molecule has 0 saturated heterocycles. The van der Waals surface area contributed by atoms with Gasteiger partial charge in [0.05, 0.1) is 36.5 Å². The highest BCUT2D eigenvalue weighted by Crippen LogP contribution is 2.36. The molecule has 0 unspecified atom stereocenters. The summed E-state index contributed by atoms with van der Waals surface area (Å²) in [5, 5.41) is 15.8. The van der Waals surface area contributed by atoms with Crippen LogP contribution in [-0.4, -0.2) is 65.8 Å². The molecule has 2 aromatic carbocycles. The highest BCUT2D eigenvalue weighted by Gasteiger charge is 2.33. The van der Waals surface area contributed by atoms with E-state index in [1.54, 1.807) is 63.0 Å². The number of benzene rings is 2. The van der Waals surface area contributed by atoms with Crippen molar-refractivity contribution >= 4 is 15.9 Å². The number of hydrogen-bond acceptors (Lipinski definition) is 11. The van der Waals surface area contributed by atoms with E-state index >= 15 is 0 Å². The van der Waals surface area contributed by atoms with Gasteiger partial charge in [0, 0.05) is 23.8 Å². The van der Waals surface area contributed by atoms with Crippen LogP contribution >= 0.6 is 0 Å². The Kier molecular flexibility index (Phi) is 8.23. The summed E-state index contributed by atoms with van der Waals surface area (Å²) in [7, 11) is -2.67. The molecule has 41 heavy (non-hydrogen) atoms. The number of aryl methyl sites for hydroxylation is 2. The lowest BCUT2D eigenvalue weighted by atomic mass is 9.97. The quantitative estimate of drug-likeness (QED) is 0.157. The number of oxazole rings is 1. The minimum absolute atomic E-state index is 0.0577. The second-order valence-electron chi connectivity index (χ2n) is 9.17. The van der Waals surface area contributed by atoms with Crippen molar-refractivity contribution in [2.24, 2.45) is 0 Å². The average molecular weight is 580 g/mol. The van der Waals surface area contributed by atoms with E-state index in [1.165, 1.54) is 6.26 Å². The van der Waals surface area contributed by atoms with Crippen LogP contribution in [-0.2, 0) is 26.0 Å². The molecule has 0 bridgehead atoms. The maximum Gasteiger partial charge on any atom is 0.269 e. The maximum absolute atomic E-state index is 14.4. The number of nitrogens with zero attached hydrogens (tertiary/aromatic N) is 7. The molecule has 0 radical (unpaired) electrons. The predicted molar refractivity (Wildman–Crippen MR) is 147 cm³/mol. The van der Waals surface area contributed by atoms with Crippen LogP contribution in [0.4, 0.5) is 5.88 Å². The van der Waals surface area contributed by atoms with Crippen LogP contribution in [0.5, 0.6) is 0 Å². The summed E-state index contributed by atoms with van der Waals surface area (Å²) in [5.74, 6) is 1.12. The maximum atomic E-state index is 14.4. The Hall–Kier alpha value is -4.40. The van der Waals surface area contributed by atoms with Gasteiger partial charge in [-0.25, -0.2) is 22.4 Å². The Balaban J connectivity index is 1.63. The van der Waals surface area contributed by atoms with Gasteiger partial charge in [-0.3, -0.25) is 0 Å². The standard InChI is InChI=1S/C27H29N7O6S/c1-18-19(2)30-40-27(18)34(17-38-14-13-37-4)41(35,36)25-8-6-5-7-24(25)23-10-9-21(26-28-11-12-39-26)15-22(23)16-33-20(3)29-31-32-33/h5-12,15H,13-14,16-17H2,1-4H3. The minimum atomic E-state index is -4.21. The molecular formula is C27H29N7O6S. The molecule has 13 nitrogen and oxygen atoms in total. The van der Waals surface area contributed by atoms with E-state index in [-0.39, 0.29) is 30.7 Å². The average Bonchev–Trinajstić information content (AvgIpc) is 3.72. The number of ether oxygens (including phenoxy) is 2. The van der Waals surface area contributed by atoms with Crippen LogP contribution in [0.3, 0.4) is 0 Å². The van der Waals surface area contributed by atoms with Crippen molar-refractivity contribution in [2.75, 3.05) is 31.4 Å². The number of rotatable bonds is 12. The monoisotopic (exact) mass is 579 g/mol. The van der Waals surface area contributed by atoms with Crippen molar-refractivity contribution in [3.8, 4) is 22.6 Å². The first kappa shape index (κ1) is 28.1.